The van der Waals surface area contributed by atoms with Gasteiger partial charge in [-0.1, -0.05) is 50.2 Å². The van der Waals surface area contributed by atoms with E-state index in [0.717, 1.165) is 39.8 Å². The third-order valence-corrected chi connectivity index (χ3v) is 7.34. The molecule has 0 aliphatic carbocycles. The van der Waals surface area contributed by atoms with E-state index in [1.807, 2.05) is 42.5 Å². The molecule has 0 spiro atoms. The number of rotatable bonds is 5. The van der Waals surface area contributed by atoms with Crippen LogP contribution in [0, 0.1) is 0 Å². The van der Waals surface area contributed by atoms with Gasteiger partial charge in [-0.2, -0.15) is 0 Å². The van der Waals surface area contributed by atoms with Crippen LogP contribution < -0.4 is 10.3 Å². The van der Waals surface area contributed by atoms with Gasteiger partial charge in [-0.05, 0) is 42.2 Å². The van der Waals surface area contributed by atoms with Crippen LogP contribution in [0.4, 0.5) is 0 Å². The average Bonchev–Trinajstić information content (AvgIpc) is 3.27. The van der Waals surface area contributed by atoms with Gasteiger partial charge in [0.15, 0.2) is 5.60 Å². The Morgan fingerprint density at radius 1 is 1.11 bits per heavy atom. The lowest BCUT2D eigenvalue weighted by Gasteiger charge is -2.31. The fourth-order valence-corrected chi connectivity index (χ4v) is 5.24. The Morgan fingerprint density at radius 3 is 2.67 bits per heavy atom. The van der Waals surface area contributed by atoms with Crippen molar-refractivity contribution >= 4 is 16.9 Å². The number of hydrogen-bond donors (Lipinski definition) is 1. The second-order valence-corrected chi connectivity index (χ2v) is 9.35. The van der Waals surface area contributed by atoms with Crippen LogP contribution in [-0.2, 0) is 41.3 Å². The zero-order valence-electron chi connectivity index (χ0n) is 20.2. The van der Waals surface area contributed by atoms with E-state index in [4.69, 9.17) is 14.5 Å². The maximum Gasteiger partial charge on any atom is 0.343 e. The summed E-state index contributed by atoms with van der Waals surface area (Å²) < 4.78 is 13.0. The van der Waals surface area contributed by atoms with Gasteiger partial charge in [0.05, 0.1) is 29.0 Å². The van der Waals surface area contributed by atoms with Crippen LogP contribution in [-0.4, -0.2) is 20.6 Å². The molecule has 0 saturated carbocycles. The van der Waals surface area contributed by atoms with E-state index < -0.39 is 11.6 Å². The molecule has 6 rings (SSSR count). The second-order valence-electron chi connectivity index (χ2n) is 9.35. The van der Waals surface area contributed by atoms with Crippen LogP contribution in [0.15, 0.2) is 59.4 Å². The standard InChI is InChI=1S/C29H26N2O5/c1-3-18-10-11-24(35-15-17-8-6-5-7-9-17)20-12-19-14-31-23(26(19)30-25(18)20)13-22-21(27(31)32)16-36-28(33)29(22,34)4-2/h5-13,34H,3-4,14-16H2,1-2H3/t29-/m0/s1. The van der Waals surface area contributed by atoms with Crippen molar-refractivity contribution in [3.05, 3.63) is 92.8 Å². The number of benzene rings is 2. The molecular formula is C29H26N2O5. The minimum Gasteiger partial charge on any atom is -0.488 e. The van der Waals surface area contributed by atoms with Crippen molar-refractivity contribution in [2.45, 2.75) is 52.0 Å². The smallest absolute Gasteiger partial charge is 0.343 e. The number of ether oxygens (including phenoxy) is 2. The number of hydrogen-bond acceptors (Lipinski definition) is 6. The lowest BCUT2D eigenvalue weighted by molar-refractivity contribution is -0.172. The Hall–Kier alpha value is -3.97. The van der Waals surface area contributed by atoms with Crippen LogP contribution in [0.25, 0.3) is 22.3 Å². The molecule has 0 bridgehead atoms. The SMILES string of the molecule is CCc1ccc(OCc2ccccc2)c2cc3c(nc12)-c1cc2c(c(=O)n1C3)COC(=O)[C@]2(O)CC. The summed E-state index contributed by atoms with van der Waals surface area (Å²) in [5, 5.41) is 12.0. The first-order chi connectivity index (χ1) is 17.4. The molecule has 7 heteroatoms. The highest BCUT2D eigenvalue weighted by Crippen LogP contribution is 2.40. The van der Waals surface area contributed by atoms with Gasteiger partial charge < -0.3 is 19.1 Å². The minimum atomic E-state index is -1.84. The Bertz CT molecular complexity index is 1590. The normalized spacial score (nSPS) is 17.9. The van der Waals surface area contributed by atoms with E-state index in [2.05, 4.69) is 13.0 Å². The van der Waals surface area contributed by atoms with Gasteiger partial charge in [0, 0.05) is 16.5 Å². The van der Waals surface area contributed by atoms with Gasteiger partial charge in [0.1, 0.15) is 19.0 Å². The summed E-state index contributed by atoms with van der Waals surface area (Å²) in [5.74, 6) is 0.0170. The highest BCUT2D eigenvalue weighted by molar-refractivity contribution is 5.91. The first kappa shape index (κ1) is 22.5. The van der Waals surface area contributed by atoms with E-state index >= 15 is 0 Å². The summed E-state index contributed by atoms with van der Waals surface area (Å²) in [4.78, 5) is 30.9. The maximum atomic E-state index is 13.4. The van der Waals surface area contributed by atoms with Crippen molar-refractivity contribution in [3.63, 3.8) is 0 Å². The Balaban J connectivity index is 1.50. The number of carbonyl (C=O) groups is 1. The summed E-state index contributed by atoms with van der Waals surface area (Å²) in [6, 6.07) is 17.8. The molecule has 182 valence electrons. The van der Waals surface area contributed by atoms with Crippen molar-refractivity contribution in [3.8, 4) is 17.1 Å². The van der Waals surface area contributed by atoms with Gasteiger partial charge in [0.2, 0.25) is 0 Å². The molecule has 1 atom stereocenters. The van der Waals surface area contributed by atoms with Crippen molar-refractivity contribution in [2.75, 3.05) is 0 Å². The molecule has 36 heavy (non-hydrogen) atoms. The van der Waals surface area contributed by atoms with Crippen LogP contribution >= 0.6 is 0 Å². The topological polar surface area (TPSA) is 90.6 Å². The Labute approximate surface area is 207 Å². The number of cyclic esters (lactones) is 1. The summed E-state index contributed by atoms with van der Waals surface area (Å²) in [7, 11) is 0. The number of aromatic nitrogens is 2. The van der Waals surface area contributed by atoms with E-state index in [1.165, 1.54) is 0 Å². The highest BCUT2D eigenvalue weighted by atomic mass is 16.6. The summed E-state index contributed by atoms with van der Waals surface area (Å²) in [6.07, 6.45) is 0.904. The molecular weight excluding hydrogens is 456 g/mol. The zero-order valence-corrected chi connectivity index (χ0v) is 20.2. The predicted molar refractivity (Wildman–Crippen MR) is 135 cm³/mol. The maximum absolute atomic E-state index is 13.4. The van der Waals surface area contributed by atoms with E-state index in [1.54, 1.807) is 17.6 Å². The first-order valence-electron chi connectivity index (χ1n) is 12.2. The fourth-order valence-electron chi connectivity index (χ4n) is 5.24. The molecule has 0 fully saturated rings. The zero-order chi connectivity index (χ0) is 25.0. The van der Waals surface area contributed by atoms with Gasteiger partial charge in [-0.15, -0.1) is 0 Å². The molecule has 0 amide bonds. The van der Waals surface area contributed by atoms with Gasteiger partial charge in [-0.25, -0.2) is 9.78 Å². The van der Waals surface area contributed by atoms with E-state index in [9.17, 15) is 14.7 Å². The quantitative estimate of drug-likeness (QED) is 0.377. The van der Waals surface area contributed by atoms with E-state index in [-0.39, 0.29) is 18.6 Å². The molecule has 7 nitrogen and oxygen atoms in total. The third-order valence-electron chi connectivity index (χ3n) is 7.34. The molecule has 2 aliphatic heterocycles. The molecule has 4 aromatic rings. The molecule has 0 radical (unpaired) electrons. The first-order valence-corrected chi connectivity index (χ1v) is 12.2. The van der Waals surface area contributed by atoms with Crippen molar-refractivity contribution in [1.29, 1.82) is 0 Å². The highest BCUT2D eigenvalue weighted by Gasteiger charge is 2.45. The molecule has 4 heterocycles. The fraction of sp³-hybridized carbons (Fsp3) is 0.276. The summed E-state index contributed by atoms with van der Waals surface area (Å²) >= 11 is 0. The number of nitrogens with zero attached hydrogens (tertiary/aromatic N) is 2. The minimum absolute atomic E-state index is 0.113. The van der Waals surface area contributed by atoms with Crippen LogP contribution in [0.2, 0.25) is 0 Å². The molecule has 0 saturated heterocycles. The molecule has 2 aromatic heterocycles. The number of aryl methyl sites for hydroxylation is 1. The number of carbonyl (C=O) groups excluding carboxylic acids is 1. The molecule has 1 N–H and O–H groups in total. The monoisotopic (exact) mass is 482 g/mol. The number of aliphatic hydroxyl groups is 1. The van der Waals surface area contributed by atoms with Crippen molar-refractivity contribution in [2.24, 2.45) is 0 Å². The van der Waals surface area contributed by atoms with Gasteiger partial charge >= 0.3 is 5.97 Å². The molecule has 2 aromatic carbocycles. The predicted octanol–water partition coefficient (Wildman–Crippen LogP) is 4.22. The lowest BCUT2D eigenvalue weighted by atomic mass is 9.86. The van der Waals surface area contributed by atoms with Crippen LogP contribution in [0.1, 0.15) is 48.1 Å². The number of pyridine rings is 2. The molecule has 0 unspecified atom stereocenters. The second kappa shape index (κ2) is 8.31. The summed E-state index contributed by atoms with van der Waals surface area (Å²) in [5.41, 5.74) is 3.71. The Kier molecular flexibility index (Phi) is 5.19. The van der Waals surface area contributed by atoms with Crippen molar-refractivity contribution in [1.82, 2.24) is 9.55 Å². The van der Waals surface area contributed by atoms with E-state index in [0.29, 0.717) is 35.7 Å². The van der Waals surface area contributed by atoms with Crippen LogP contribution in [0.3, 0.4) is 0 Å². The van der Waals surface area contributed by atoms with Gasteiger partial charge in [0.25, 0.3) is 5.56 Å². The van der Waals surface area contributed by atoms with Crippen molar-refractivity contribution < 1.29 is 19.4 Å². The third kappa shape index (κ3) is 3.27. The molecule has 2 aliphatic rings. The lowest BCUT2D eigenvalue weighted by Crippen LogP contribution is -2.44. The van der Waals surface area contributed by atoms with Crippen LogP contribution in [0.5, 0.6) is 5.75 Å². The van der Waals surface area contributed by atoms with Gasteiger partial charge in [-0.3, -0.25) is 4.79 Å². The summed E-state index contributed by atoms with van der Waals surface area (Å²) in [6.45, 7) is 4.43. The largest absolute Gasteiger partial charge is 0.488 e. The Morgan fingerprint density at radius 2 is 1.92 bits per heavy atom. The number of esters is 1. The average molecular weight is 483 g/mol. The number of fused-ring (bicyclic) bond motifs is 5.